The van der Waals surface area contributed by atoms with Crippen LogP contribution in [0, 0.1) is 13.8 Å². The van der Waals surface area contributed by atoms with Gasteiger partial charge in [0.25, 0.3) is 0 Å². The summed E-state index contributed by atoms with van der Waals surface area (Å²) < 4.78 is 12.0. The Labute approximate surface area is 132 Å². The molecule has 2 heteroatoms. The molecule has 2 aromatic heterocycles. The predicted molar refractivity (Wildman–Crippen MR) is 95.5 cm³/mol. The topological polar surface area (TPSA) is 26.3 Å². The summed E-state index contributed by atoms with van der Waals surface area (Å²) in [6.45, 7) is 15.7. The van der Waals surface area contributed by atoms with Crippen LogP contribution in [0.1, 0.15) is 47.6 Å². The van der Waals surface area contributed by atoms with Gasteiger partial charge in [0, 0.05) is 22.3 Å². The van der Waals surface area contributed by atoms with E-state index in [1.165, 1.54) is 0 Å². The van der Waals surface area contributed by atoms with Crippen molar-refractivity contribution in [3.05, 3.63) is 59.1 Å². The maximum Gasteiger partial charge on any atom is 0.178 e. The molecule has 0 fully saturated rings. The van der Waals surface area contributed by atoms with Gasteiger partial charge in [-0.25, -0.2) is 0 Å². The molecule has 0 saturated carbocycles. The Morgan fingerprint density at radius 1 is 0.682 bits per heavy atom. The molecule has 0 aliphatic carbocycles. The van der Waals surface area contributed by atoms with Crippen molar-refractivity contribution in [1.82, 2.24) is 0 Å². The molecule has 0 bridgehead atoms. The zero-order valence-electron chi connectivity index (χ0n) is 13.7. The van der Waals surface area contributed by atoms with Crippen molar-refractivity contribution in [2.45, 2.75) is 27.7 Å². The Kier molecular flexibility index (Phi) is 4.71. The minimum atomic E-state index is 0.703. The number of aryl methyl sites for hydroxylation is 2. The lowest BCUT2D eigenvalue weighted by molar-refractivity contribution is 0.493. The van der Waals surface area contributed by atoms with E-state index in [1.54, 1.807) is 12.2 Å². The summed E-state index contributed by atoms with van der Waals surface area (Å²) >= 11 is 0. The monoisotopic (exact) mass is 294 g/mol. The third-order valence-electron chi connectivity index (χ3n) is 3.62. The van der Waals surface area contributed by atoms with Crippen molar-refractivity contribution in [3.63, 3.8) is 0 Å². The molecule has 2 heterocycles. The van der Waals surface area contributed by atoms with E-state index in [0.29, 0.717) is 11.5 Å². The van der Waals surface area contributed by atoms with Gasteiger partial charge < -0.3 is 8.83 Å². The van der Waals surface area contributed by atoms with Crippen molar-refractivity contribution >= 4 is 24.3 Å². The quantitative estimate of drug-likeness (QED) is 0.628. The van der Waals surface area contributed by atoms with Gasteiger partial charge in [-0.3, -0.25) is 0 Å². The average molecular weight is 294 g/mol. The van der Waals surface area contributed by atoms with Gasteiger partial charge in [0.1, 0.15) is 11.5 Å². The number of hydrogen-bond donors (Lipinski definition) is 0. The number of hydrogen-bond acceptors (Lipinski definition) is 2. The molecule has 2 rings (SSSR count). The number of furan rings is 2. The molecule has 2 nitrogen and oxygen atoms in total. The Hall–Kier alpha value is -2.48. The van der Waals surface area contributed by atoms with Crippen LogP contribution in [-0.2, 0) is 0 Å². The molecule has 0 spiro atoms. The molecule has 0 atom stereocenters. The first-order chi connectivity index (χ1) is 10.6. The van der Waals surface area contributed by atoms with Crippen molar-refractivity contribution < 1.29 is 8.83 Å². The van der Waals surface area contributed by atoms with Crippen molar-refractivity contribution in [1.29, 1.82) is 0 Å². The summed E-state index contributed by atoms with van der Waals surface area (Å²) in [5.41, 5.74) is 3.95. The van der Waals surface area contributed by atoms with E-state index in [2.05, 4.69) is 13.2 Å². The van der Waals surface area contributed by atoms with Gasteiger partial charge in [-0.15, -0.1) is 0 Å². The molecule has 0 aliphatic heterocycles. The predicted octanol–water partition coefficient (Wildman–Crippen LogP) is 6.51. The second kappa shape index (κ2) is 6.52. The first kappa shape index (κ1) is 15.9. The smallest absolute Gasteiger partial charge is 0.178 e. The normalized spacial score (nSPS) is 11.6. The van der Waals surface area contributed by atoms with Gasteiger partial charge >= 0.3 is 0 Å². The minimum Gasteiger partial charge on any atom is -0.457 e. The van der Waals surface area contributed by atoms with Crippen LogP contribution < -0.4 is 0 Å². The second-order valence-electron chi connectivity index (χ2n) is 5.04. The Morgan fingerprint density at radius 2 is 1.05 bits per heavy atom. The van der Waals surface area contributed by atoms with E-state index in [4.69, 9.17) is 8.83 Å². The largest absolute Gasteiger partial charge is 0.457 e. The summed E-state index contributed by atoms with van der Waals surface area (Å²) in [6.07, 6.45) is 11.6. The molecular formula is C20H22O2. The van der Waals surface area contributed by atoms with Gasteiger partial charge in [0.05, 0.1) is 0 Å². The van der Waals surface area contributed by atoms with E-state index in [0.717, 1.165) is 33.8 Å². The van der Waals surface area contributed by atoms with Gasteiger partial charge in [-0.2, -0.15) is 0 Å². The van der Waals surface area contributed by atoms with Crippen LogP contribution in [0.5, 0.6) is 0 Å². The van der Waals surface area contributed by atoms with Gasteiger partial charge in [-0.05, 0) is 27.7 Å². The molecule has 0 aliphatic rings. The Morgan fingerprint density at radius 3 is 1.32 bits per heavy atom. The molecule has 2 aromatic rings. The summed E-state index contributed by atoms with van der Waals surface area (Å²) in [7, 11) is 0. The molecule has 0 N–H and O–H groups in total. The fourth-order valence-corrected chi connectivity index (χ4v) is 2.64. The number of allylic oxidation sites excluding steroid dienone is 2. The Balaban J connectivity index is 2.78. The van der Waals surface area contributed by atoms with Crippen LogP contribution >= 0.6 is 0 Å². The first-order valence-corrected chi connectivity index (χ1v) is 7.36. The van der Waals surface area contributed by atoms with Gasteiger partial charge in [-0.1, -0.05) is 49.6 Å². The highest BCUT2D eigenvalue weighted by Gasteiger charge is 2.23. The standard InChI is InChI=1S/C20H22O2/c1-7-11-17-13(5)21-19(15(17)9-3)20-16(10-4)18(12-8-2)14(6)22-20/h7-12H,3-4H2,1-2,5-6H3/b11-7-,12-8-. The molecule has 22 heavy (non-hydrogen) atoms. The highest BCUT2D eigenvalue weighted by molar-refractivity contribution is 5.83. The third kappa shape index (κ3) is 2.52. The van der Waals surface area contributed by atoms with E-state index in [9.17, 15) is 0 Å². The fourth-order valence-electron chi connectivity index (χ4n) is 2.64. The lowest BCUT2D eigenvalue weighted by Gasteiger charge is -1.98. The van der Waals surface area contributed by atoms with Crippen LogP contribution in [0.15, 0.2) is 34.1 Å². The highest BCUT2D eigenvalue weighted by Crippen LogP contribution is 2.39. The van der Waals surface area contributed by atoms with Crippen LogP contribution in [0.3, 0.4) is 0 Å². The zero-order valence-corrected chi connectivity index (χ0v) is 13.7. The van der Waals surface area contributed by atoms with Crippen molar-refractivity contribution in [2.75, 3.05) is 0 Å². The lowest BCUT2D eigenvalue weighted by Crippen LogP contribution is -1.81. The molecule has 0 unspecified atom stereocenters. The summed E-state index contributed by atoms with van der Waals surface area (Å²) in [4.78, 5) is 0. The molecular weight excluding hydrogens is 272 g/mol. The van der Waals surface area contributed by atoms with Crippen molar-refractivity contribution in [2.24, 2.45) is 0 Å². The van der Waals surface area contributed by atoms with Crippen LogP contribution in [-0.4, -0.2) is 0 Å². The fraction of sp³-hybridized carbons (Fsp3) is 0.200. The first-order valence-electron chi connectivity index (χ1n) is 7.36. The van der Waals surface area contributed by atoms with E-state index in [1.807, 2.05) is 52.0 Å². The molecule has 114 valence electrons. The highest BCUT2D eigenvalue weighted by atomic mass is 16.4. The van der Waals surface area contributed by atoms with Gasteiger partial charge in [0.15, 0.2) is 11.5 Å². The summed E-state index contributed by atoms with van der Waals surface area (Å²) in [5, 5.41) is 0. The summed E-state index contributed by atoms with van der Waals surface area (Å²) in [6, 6.07) is 0. The van der Waals surface area contributed by atoms with E-state index in [-0.39, 0.29) is 0 Å². The zero-order chi connectivity index (χ0) is 16.3. The maximum atomic E-state index is 5.98. The van der Waals surface area contributed by atoms with Crippen LogP contribution in [0.2, 0.25) is 0 Å². The summed E-state index contributed by atoms with van der Waals surface area (Å²) in [5.74, 6) is 3.10. The molecule has 0 radical (unpaired) electrons. The number of rotatable bonds is 5. The molecule has 0 amide bonds. The van der Waals surface area contributed by atoms with Crippen LogP contribution in [0.4, 0.5) is 0 Å². The van der Waals surface area contributed by atoms with E-state index < -0.39 is 0 Å². The Bertz CT molecular complexity index is 698. The van der Waals surface area contributed by atoms with Gasteiger partial charge in [0.2, 0.25) is 0 Å². The van der Waals surface area contributed by atoms with E-state index >= 15 is 0 Å². The average Bonchev–Trinajstić information content (AvgIpc) is 2.98. The van der Waals surface area contributed by atoms with Crippen molar-refractivity contribution in [3.8, 4) is 11.5 Å². The lowest BCUT2D eigenvalue weighted by atomic mass is 10.0. The third-order valence-corrected chi connectivity index (χ3v) is 3.62. The molecule has 0 saturated heterocycles. The SMILES string of the molecule is C=Cc1c(-c2oc(C)c(/C=C\C)c2C=C)oc(C)c1/C=C\C. The minimum absolute atomic E-state index is 0.703. The molecule has 0 aromatic carbocycles. The maximum absolute atomic E-state index is 5.98. The second-order valence-corrected chi connectivity index (χ2v) is 5.04. The van der Waals surface area contributed by atoms with Crippen LogP contribution in [0.25, 0.3) is 35.8 Å².